The molecule has 2 N–H and O–H groups in total. The molecule has 0 aliphatic heterocycles. The largest absolute Gasteiger partial charge is 0.306 e. The van der Waals surface area contributed by atoms with Crippen molar-refractivity contribution in [2.75, 3.05) is 5.43 Å². The van der Waals surface area contributed by atoms with E-state index < -0.39 is 0 Å². The van der Waals surface area contributed by atoms with Gasteiger partial charge in [-0.2, -0.15) is 10.5 Å². The minimum Gasteiger partial charge on any atom is -0.306 e. The molecule has 0 amide bonds. The predicted molar refractivity (Wildman–Crippen MR) is 67.5 cm³/mol. The number of rotatable bonds is 3. The quantitative estimate of drug-likeness (QED) is 0.507. The van der Waals surface area contributed by atoms with Crippen LogP contribution in [0.15, 0.2) is 23.9 Å². The summed E-state index contributed by atoms with van der Waals surface area (Å²) in [6.07, 6.45) is 1.21. The van der Waals surface area contributed by atoms with Crippen LogP contribution in [0.5, 0.6) is 0 Å². The Kier molecular flexibility index (Phi) is 4.93. The molecule has 0 unspecified atom stereocenters. The molecule has 4 nitrogen and oxygen atoms in total. The first-order valence-electron chi connectivity index (χ1n) is 4.25. The number of hydrazine groups is 1. The van der Waals surface area contributed by atoms with E-state index in [4.69, 9.17) is 45.3 Å². The molecular weight excluding hydrogens is 282 g/mol. The topological polar surface area (TPSA) is 71.6 Å². The Morgan fingerprint density at radius 1 is 1.06 bits per heavy atom. The van der Waals surface area contributed by atoms with Gasteiger partial charge in [0.2, 0.25) is 0 Å². The van der Waals surface area contributed by atoms with E-state index in [0.29, 0.717) is 20.8 Å². The van der Waals surface area contributed by atoms with Crippen molar-refractivity contribution in [3.63, 3.8) is 0 Å². The highest BCUT2D eigenvalue weighted by molar-refractivity contribution is 6.44. The van der Waals surface area contributed by atoms with Crippen LogP contribution < -0.4 is 10.9 Å². The lowest BCUT2D eigenvalue weighted by Crippen LogP contribution is -2.15. The van der Waals surface area contributed by atoms with Crippen molar-refractivity contribution in [3.05, 3.63) is 39.0 Å². The molecule has 1 aromatic carbocycles. The number of halogens is 3. The van der Waals surface area contributed by atoms with Gasteiger partial charge in [-0.05, 0) is 12.1 Å². The molecule has 0 radical (unpaired) electrons. The van der Waals surface area contributed by atoms with E-state index in [1.54, 1.807) is 12.1 Å². The number of benzene rings is 1. The average molecular weight is 288 g/mol. The minimum atomic E-state index is -0.0753. The second kappa shape index (κ2) is 6.22. The van der Waals surface area contributed by atoms with Crippen LogP contribution in [0.25, 0.3) is 0 Å². The Morgan fingerprint density at radius 3 is 2.24 bits per heavy atom. The normalized spacial score (nSPS) is 8.76. The van der Waals surface area contributed by atoms with Crippen molar-refractivity contribution in [1.82, 2.24) is 5.43 Å². The van der Waals surface area contributed by atoms with Gasteiger partial charge < -0.3 is 5.43 Å². The Balaban J connectivity index is 2.78. The highest BCUT2D eigenvalue weighted by Crippen LogP contribution is 2.31. The highest BCUT2D eigenvalue weighted by Gasteiger charge is 2.04. The molecular formula is C10H5Cl3N4. The summed E-state index contributed by atoms with van der Waals surface area (Å²) in [6, 6.07) is 6.38. The van der Waals surface area contributed by atoms with Gasteiger partial charge in [0.05, 0.1) is 20.8 Å². The number of nitrogens with one attached hydrogen (secondary N) is 2. The van der Waals surface area contributed by atoms with Gasteiger partial charge in [-0.3, -0.25) is 5.43 Å². The van der Waals surface area contributed by atoms with E-state index in [2.05, 4.69) is 10.9 Å². The van der Waals surface area contributed by atoms with Crippen LogP contribution in [0.1, 0.15) is 0 Å². The maximum Gasteiger partial charge on any atom is 0.147 e. The molecule has 0 aromatic heterocycles. The van der Waals surface area contributed by atoms with Crippen molar-refractivity contribution < 1.29 is 0 Å². The third-order valence-electron chi connectivity index (χ3n) is 1.67. The molecule has 0 aliphatic carbocycles. The van der Waals surface area contributed by atoms with Gasteiger partial charge in [0.1, 0.15) is 17.7 Å². The van der Waals surface area contributed by atoms with Gasteiger partial charge in [0, 0.05) is 6.20 Å². The number of hydrogen-bond acceptors (Lipinski definition) is 4. The maximum atomic E-state index is 8.49. The van der Waals surface area contributed by atoms with E-state index >= 15 is 0 Å². The van der Waals surface area contributed by atoms with Crippen molar-refractivity contribution in [3.8, 4) is 12.1 Å². The van der Waals surface area contributed by atoms with E-state index in [9.17, 15) is 0 Å². The molecule has 1 aromatic rings. The third kappa shape index (κ3) is 3.72. The van der Waals surface area contributed by atoms with E-state index in [1.165, 1.54) is 18.3 Å². The number of hydrogen-bond donors (Lipinski definition) is 2. The molecule has 86 valence electrons. The van der Waals surface area contributed by atoms with Crippen molar-refractivity contribution in [1.29, 1.82) is 10.5 Å². The summed E-state index contributed by atoms with van der Waals surface area (Å²) >= 11 is 17.4. The molecule has 0 aliphatic rings. The molecule has 0 fully saturated rings. The zero-order valence-electron chi connectivity index (χ0n) is 8.26. The van der Waals surface area contributed by atoms with Gasteiger partial charge in [-0.15, -0.1) is 0 Å². The average Bonchev–Trinajstić information content (AvgIpc) is 2.31. The van der Waals surface area contributed by atoms with Crippen molar-refractivity contribution in [2.24, 2.45) is 0 Å². The molecule has 0 heterocycles. The summed E-state index contributed by atoms with van der Waals surface area (Å²) in [5.41, 5.74) is 5.63. The summed E-state index contributed by atoms with van der Waals surface area (Å²) in [5.74, 6) is 0. The standard InChI is InChI=1S/C10H5Cl3N4/c11-7-1-9(13)10(2-8(7)12)17-16-5-6(3-14)4-15/h1-2,5,16-17H. The molecule has 0 spiro atoms. The lowest BCUT2D eigenvalue weighted by molar-refractivity contribution is 1.05. The predicted octanol–water partition coefficient (Wildman–Crippen LogP) is 3.49. The van der Waals surface area contributed by atoms with Crippen molar-refractivity contribution in [2.45, 2.75) is 0 Å². The zero-order chi connectivity index (χ0) is 12.8. The molecule has 0 saturated heterocycles. The van der Waals surface area contributed by atoms with Crippen LogP contribution in [-0.4, -0.2) is 0 Å². The SMILES string of the molecule is N#CC(C#N)=CNNc1cc(Cl)c(Cl)cc1Cl. The van der Waals surface area contributed by atoms with Gasteiger partial charge in [-0.1, -0.05) is 34.8 Å². The van der Waals surface area contributed by atoms with E-state index in [-0.39, 0.29) is 5.57 Å². The Hall–Kier alpha value is -1.59. The fraction of sp³-hybridized carbons (Fsp3) is 0. The Morgan fingerprint density at radius 2 is 1.65 bits per heavy atom. The monoisotopic (exact) mass is 286 g/mol. The van der Waals surface area contributed by atoms with E-state index in [1.807, 2.05) is 0 Å². The van der Waals surface area contributed by atoms with Crippen LogP contribution in [0, 0.1) is 22.7 Å². The summed E-state index contributed by atoms with van der Waals surface area (Å²) in [4.78, 5) is 0. The third-order valence-corrected chi connectivity index (χ3v) is 2.71. The highest BCUT2D eigenvalue weighted by atomic mass is 35.5. The minimum absolute atomic E-state index is 0.0753. The lowest BCUT2D eigenvalue weighted by Gasteiger charge is -2.08. The second-order valence-corrected chi connectivity index (χ2v) is 4.02. The van der Waals surface area contributed by atoms with Gasteiger partial charge >= 0.3 is 0 Å². The van der Waals surface area contributed by atoms with E-state index in [0.717, 1.165) is 0 Å². The summed E-state index contributed by atoms with van der Waals surface area (Å²) < 4.78 is 0. The molecule has 7 heteroatoms. The molecule has 17 heavy (non-hydrogen) atoms. The van der Waals surface area contributed by atoms with Crippen LogP contribution in [0.3, 0.4) is 0 Å². The summed E-state index contributed by atoms with van der Waals surface area (Å²) in [6.45, 7) is 0. The van der Waals surface area contributed by atoms with Crippen LogP contribution in [0.2, 0.25) is 15.1 Å². The molecule has 1 rings (SSSR count). The van der Waals surface area contributed by atoms with Gasteiger partial charge in [0.25, 0.3) is 0 Å². The van der Waals surface area contributed by atoms with Crippen molar-refractivity contribution >= 4 is 40.5 Å². The van der Waals surface area contributed by atoms with Gasteiger partial charge in [-0.25, -0.2) is 0 Å². The van der Waals surface area contributed by atoms with Crippen LogP contribution in [-0.2, 0) is 0 Å². The number of allylic oxidation sites excluding steroid dienone is 1. The fourth-order valence-corrected chi connectivity index (χ4v) is 1.49. The number of anilines is 1. The Bertz CT molecular complexity index is 524. The smallest absolute Gasteiger partial charge is 0.147 e. The van der Waals surface area contributed by atoms with Crippen LogP contribution in [0.4, 0.5) is 5.69 Å². The lowest BCUT2D eigenvalue weighted by atomic mass is 10.3. The second-order valence-electron chi connectivity index (χ2n) is 2.80. The first-order chi connectivity index (χ1) is 8.08. The maximum absolute atomic E-state index is 8.49. The fourth-order valence-electron chi connectivity index (χ4n) is 0.894. The molecule has 0 saturated carbocycles. The Labute approximate surface area is 113 Å². The zero-order valence-corrected chi connectivity index (χ0v) is 10.5. The van der Waals surface area contributed by atoms with Gasteiger partial charge in [0.15, 0.2) is 0 Å². The number of nitriles is 2. The summed E-state index contributed by atoms with van der Waals surface area (Å²) in [7, 11) is 0. The first kappa shape index (κ1) is 13.5. The first-order valence-corrected chi connectivity index (χ1v) is 5.38. The molecule has 0 atom stereocenters. The summed E-state index contributed by atoms with van der Waals surface area (Å²) in [5, 5.41) is 18.0. The number of nitrogens with zero attached hydrogens (tertiary/aromatic N) is 2. The van der Waals surface area contributed by atoms with Crippen LogP contribution >= 0.6 is 34.8 Å². The molecule has 0 bridgehead atoms.